The summed E-state index contributed by atoms with van der Waals surface area (Å²) in [4.78, 5) is 0. The van der Waals surface area contributed by atoms with Gasteiger partial charge in [0, 0.05) is 11.6 Å². The van der Waals surface area contributed by atoms with Gasteiger partial charge in [0.25, 0.3) is 0 Å². The Hall–Kier alpha value is -1.02. The number of hydrogen-bond donors (Lipinski definition) is 1. The average molecular weight is 233 g/mol. The molecule has 1 unspecified atom stereocenters. The summed E-state index contributed by atoms with van der Waals surface area (Å²) in [5.41, 5.74) is 2.92. The zero-order chi connectivity index (χ0) is 12.3. The predicted octanol–water partition coefficient (Wildman–Crippen LogP) is 4.05. The quantitative estimate of drug-likeness (QED) is 0.776. The smallest absolute Gasteiger partial charge is 0.105 e. The maximum atomic E-state index is 5.56. The third-order valence-electron chi connectivity index (χ3n) is 3.58. The molecule has 1 heterocycles. The Balaban J connectivity index is 1.80. The molecule has 94 valence electrons. The standard InChI is InChI=1S/C15H23NO/c1-11-10-15(13(3)17-11)12(2)16-9-8-14-6-4-5-7-14/h6,10,12,16H,4-5,7-9H2,1-3H3. The molecule has 1 aromatic heterocycles. The fourth-order valence-corrected chi connectivity index (χ4v) is 2.60. The highest BCUT2D eigenvalue weighted by Gasteiger charge is 2.12. The van der Waals surface area contributed by atoms with E-state index >= 15 is 0 Å². The lowest BCUT2D eigenvalue weighted by molar-refractivity contribution is 0.490. The molecule has 1 aliphatic rings. The second-order valence-corrected chi connectivity index (χ2v) is 5.05. The van der Waals surface area contributed by atoms with Crippen LogP contribution in [0.4, 0.5) is 0 Å². The van der Waals surface area contributed by atoms with E-state index in [9.17, 15) is 0 Å². The van der Waals surface area contributed by atoms with Crippen LogP contribution in [0.3, 0.4) is 0 Å². The Labute approximate surface area is 104 Å². The fraction of sp³-hybridized carbons (Fsp3) is 0.600. The lowest BCUT2D eigenvalue weighted by Crippen LogP contribution is -2.20. The molecule has 0 saturated heterocycles. The molecule has 0 spiro atoms. The van der Waals surface area contributed by atoms with Crippen LogP contribution < -0.4 is 5.32 Å². The maximum absolute atomic E-state index is 5.56. The maximum Gasteiger partial charge on any atom is 0.105 e. The number of rotatable bonds is 5. The van der Waals surface area contributed by atoms with Gasteiger partial charge in [-0.3, -0.25) is 0 Å². The molecule has 0 aromatic carbocycles. The molecule has 0 saturated carbocycles. The summed E-state index contributed by atoms with van der Waals surface area (Å²) in [5, 5.41) is 3.58. The number of furan rings is 1. The van der Waals surface area contributed by atoms with E-state index in [0.29, 0.717) is 6.04 Å². The molecule has 2 heteroatoms. The van der Waals surface area contributed by atoms with Gasteiger partial charge in [-0.1, -0.05) is 11.6 Å². The fourth-order valence-electron chi connectivity index (χ4n) is 2.60. The molecule has 0 bridgehead atoms. The molecule has 0 fully saturated rings. The van der Waals surface area contributed by atoms with Crippen LogP contribution in [0.15, 0.2) is 22.1 Å². The Morgan fingerprint density at radius 2 is 2.24 bits per heavy atom. The van der Waals surface area contributed by atoms with Crippen LogP contribution in [-0.4, -0.2) is 6.54 Å². The highest BCUT2D eigenvalue weighted by Crippen LogP contribution is 2.23. The predicted molar refractivity (Wildman–Crippen MR) is 71.2 cm³/mol. The second kappa shape index (κ2) is 5.54. The first-order valence-electron chi connectivity index (χ1n) is 6.65. The molecule has 0 aliphatic heterocycles. The number of aryl methyl sites for hydroxylation is 2. The summed E-state index contributed by atoms with van der Waals surface area (Å²) in [5.74, 6) is 2.05. The van der Waals surface area contributed by atoms with Crippen LogP contribution in [0.25, 0.3) is 0 Å². The van der Waals surface area contributed by atoms with E-state index < -0.39 is 0 Å². The van der Waals surface area contributed by atoms with Crippen LogP contribution >= 0.6 is 0 Å². The summed E-state index contributed by atoms with van der Waals surface area (Å²) in [6, 6.07) is 2.52. The van der Waals surface area contributed by atoms with Crippen molar-refractivity contribution in [2.45, 2.75) is 52.5 Å². The van der Waals surface area contributed by atoms with Gasteiger partial charge in [0.15, 0.2) is 0 Å². The lowest BCUT2D eigenvalue weighted by atomic mass is 10.1. The van der Waals surface area contributed by atoms with Crippen molar-refractivity contribution < 1.29 is 4.42 Å². The molecule has 2 nitrogen and oxygen atoms in total. The molecule has 2 rings (SSSR count). The second-order valence-electron chi connectivity index (χ2n) is 5.05. The molecule has 1 aromatic rings. The van der Waals surface area contributed by atoms with Gasteiger partial charge in [0.05, 0.1) is 0 Å². The Bertz CT molecular complexity index is 403. The van der Waals surface area contributed by atoms with Crippen molar-refractivity contribution in [2.75, 3.05) is 6.54 Å². The van der Waals surface area contributed by atoms with E-state index in [1.807, 2.05) is 13.8 Å². The van der Waals surface area contributed by atoms with Crippen molar-refractivity contribution in [3.63, 3.8) is 0 Å². The van der Waals surface area contributed by atoms with E-state index in [1.54, 1.807) is 5.57 Å². The first-order chi connectivity index (χ1) is 8.16. The first kappa shape index (κ1) is 12.4. The van der Waals surface area contributed by atoms with E-state index in [2.05, 4.69) is 24.4 Å². The van der Waals surface area contributed by atoms with E-state index in [-0.39, 0.29) is 0 Å². The molecule has 1 atom stereocenters. The van der Waals surface area contributed by atoms with E-state index in [0.717, 1.165) is 18.1 Å². The minimum Gasteiger partial charge on any atom is -0.466 e. The molecular formula is C15H23NO. The van der Waals surface area contributed by atoms with Crippen LogP contribution in [-0.2, 0) is 0 Å². The molecule has 1 N–H and O–H groups in total. The normalized spacial score (nSPS) is 17.2. The van der Waals surface area contributed by atoms with E-state index in [4.69, 9.17) is 4.42 Å². The molecule has 0 radical (unpaired) electrons. The van der Waals surface area contributed by atoms with Gasteiger partial charge in [-0.15, -0.1) is 0 Å². The van der Waals surface area contributed by atoms with Crippen LogP contribution in [0.5, 0.6) is 0 Å². The van der Waals surface area contributed by atoms with Gasteiger partial charge >= 0.3 is 0 Å². The van der Waals surface area contributed by atoms with Crippen LogP contribution in [0.1, 0.15) is 55.7 Å². The van der Waals surface area contributed by atoms with Gasteiger partial charge in [-0.05, 0) is 59.1 Å². The Morgan fingerprint density at radius 3 is 2.82 bits per heavy atom. The highest BCUT2D eigenvalue weighted by molar-refractivity contribution is 5.23. The first-order valence-corrected chi connectivity index (χ1v) is 6.65. The van der Waals surface area contributed by atoms with Crippen molar-refractivity contribution in [3.05, 3.63) is 34.8 Å². The zero-order valence-corrected chi connectivity index (χ0v) is 11.2. The highest BCUT2D eigenvalue weighted by atomic mass is 16.3. The monoisotopic (exact) mass is 233 g/mol. The largest absolute Gasteiger partial charge is 0.466 e. The van der Waals surface area contributed by atoms with Crippen molar-refractivity contribution in [2.24, 2.45) is 0 Å². The summed E-state index contributed by atoms with van der Waals surface area (Å²) < 4.78 is 5.56. The van der Waals surface area contributed by atoms with Crippen molar-refractivity contribution in [3.8, 4) is 0 Å². The topological polar surface area (TPSA) is 25.2 Å². The van der Waals surface area contributed by atoms with Crippen LogP contribution in [0, 0.1) is 13.8 Å². The van der Waals surface area contributed by atoms with Crippen molar-refractivity contribution in [1.29, 1.82) is 0 Å². The molecule has 17 heavy (non-hydrogen) atoms. The Morgan fingerprint density at radius 1 is 1.41 bits per heavy atom. The SMILES string of the molecule is Cc1cc(C(C)NCCC2=CCCC2)c(C)o1. The van der Waals surface area contributed by atoms with Crippen LogP contribution in [0.2, 0.25) is 0 Å². The minimum absolute atomic E-state index is 0.384. The number of nitrogens with one attached hydrogen (secondary N) is 1. The van der Waals surface area contributed by atoms with Gasteiger partial charge < -0.3 is 9.73 Å². The minimum atomic E-state index is 0.384. The average Bonchev–Trinajstić information content (AvgIpc) is 2.88. The van der Waals surface area contributed by atoms with Gasteiger partial charge in [0.2, 0.25) is 0 Å². The Kier molecular flexibility index (Phi) is 4.06. The van der Waals surface area contributed by atoms with Crippen molar-refractivity contribution >= 4 is 0 Å². The summed E-state index contributed by atoms with van der Waals surface area (Å²) in [6.45, 7) is 7.32. The van der Waals surface area contributed by atoms with Gasteiger partial charge in [0.1, 0.15) is 11.5 Å². The number of hydrogen-bond acceptors (Lipinski definition) is 2. The third-order valence-corrected chi connectivity index (χ3v) is 3.58. The van der Waals surface area contributed by atoms with Gasteiger partial charge in [-0.25, -0.2) is 0 Å². The summed E-state index contributed by atoms with van der Waals surface area (Å²) in [7, 11) is 0. The third kappa shape index (κ3) is 3.22. The van der Waals surface area contributed by atoms with E-state index in [1.165, 1.54) is 31.2 Å². The van der Waals surface area contributed by atoms with Gasteiger partial charge in [-0.2, -0.15) is 0 Å². The number of allylic oxidation sites excluding steroid dienone is 1. The molecular weight excluding hydrogens is 210 g/mol. The lowest BCUT2D eigenvalue weighted by Gasteiger charge is -2.13. The molecule has 1 aliphatic carbocycles. The summed E-state index contributed by atoms with van der Waals surface area (Å²) in [6.07, 6.45) is 7.54. The zero-order valence-electron chi connectivity index (χ0n) is 11.2. The molecule has 0 amide bonds. The van der Waals surface area contributed by atoms with Crippen molar-refractivity contribution in [1.82, 2.24) is 5.32 Å². The summed E-state index contributed by atoms with van der Waals surface area (Å²) >= 11 is 0.